The van der Waals surface area contributed by atoms with E-state index in [1.165, 1.54) is 11.6 Å². The Morgan fingerprint density at radius 2 is 1.81 bits per heavy atom. The van der Waals surface area contributed by atoms with Crippen LogP contribution < -0.4 is 20.2 Å². The summed E-state index contributed by atoms with van der Waals surface area (Å²) in [5.41, 5.74) is 3.49. The van der Waals surface area contributed by atoms with Gasteiger partial charge in [0.25, 0.3) is 0 Å². The van der Waals surface area contributed by atoms with Gasteiger partial charge >= 0.3 is 5.97 Å². The molecule has 3 N–H and O–H groups in total. The minimum absolute atomic E-state index is 0.0687. The molecule has 0 aliphatic carbocycles. The number of methoxy groups -OCH3 is 1. The lowest BCUT2D eigenvalue weighted by atomic mass is 9.82. The van der Waals surface area contributed by atoms with Crippen LogP contribution in [-0.4, -0.2) is 29.7 Å². The molecule has 32 heavy (non-hydrogen) atoms. The molecule has 7 nitrogen and oxygen atoms in total. The molecule has 0 amide bonds. The average Bonchev–Trinajstić information content (AvgIpc) is 2.77. The van der Waals surface area contributed by atoms with Crippen molar-refractivity contribution in [1.82, 2.24) is 10.3 Å². The molecular formula is C25H26N2O5. The Hall–Kier alpha value is -3.58. The SMILES string of the molecule is CCc1ccc(COc2ccc(C3CNC3c3cc(=O)cc(C(=O)O)[nH]3)cc2OC)cc1. The van der Waals surface area contributed by atoms with Crippen LogP contribution in [0.4, 0.5) is 0 Å². The van der Waals surface area contributed by atoms with Crippen LogP contribution in [0.2, 0.25) is 0 Å². The highest BCUT2D eigenvalue weighted by molar-refractivity contribution is 5.85. The molecule has 0 spiro atoms. The van der Waals surface area contributed by atoms with Gasteiger partial charge in [0.2, 0.25) is 0 Å². The fourth-order valence-electron chi connectivity index (χ4n) is 3.90. The van der Waals surface area contributed by atoms with Crippen molar-refractivity contribution in [3.05, 3.63) is 92.9 Å². The number of nitrogens with one attached hydrogen (secondary N) is 2. The first-order valence-corrected chi connectivity index (χ1v) is 10.6. The van der Waals surface area contributed by atoms with Gasteiger partial charge in [0.15, 0.2) is 16.9 Å². The van der Waals surface area contributed by atoms with E-state index >= 15 is 0 Å². The van der Waals surface area contributed by atoms with E-state index in [0.717, 1.165) is 23.6 Å². The maximum atomic E-state index is 11.9. The number of aryl methyl sites for hydroxylation is 1. The van der Waals surface area contributed by atoms with Crippen molar-refractivity contribution in [3.8, 4) is 11.5 Å². The van der Waals surface area contributed by atoms with Gasteiger partial charge in [-0.15, -0.1) is 0 Å². The van der Waals surface area contributed by atoms with Gasteiger partial charge in [0.1, 0.15) is 12.3 Å². The number of H-pyrrole nitrogens is 1. The molecule has 2 heterocycles. The van der Waals surface area contributed by atoms with Gasteiger partial charge < -0.3 is 24.9 Å². The number of aromatic carboxylic acids is 1. The molecule has 0 saturated carbocycles. The zero-order chi connectivity index (χ0) is 22.7. The van der Waals surface area contributed by atoms with Gasteiger partial charge in [0, 0.05) is 30.3 Å². The van der Waals surface area contributed by atoms with E-state index < -0.39 is 5.97 Å². The van der Waals surface area contributed by atoms with E-state index in [2.05, 4.69) is 41.5 Å². The Labute approximate surface area is 186 Å². The first-order valence-electron chi connectivity index (χ1n) is 10.6. The first-order chi connectivity index (χ1) is 15.5. The van der Waals surface area contributed by atoms with Gasteiger partial charge in [-0.3, -0.25) is 4.79 Å². The summed E-state index contributed by atoms with van der Waals surface area (Å²) in [7, 11) is 1.60. The normalized spacial score (nSPS) is 17.4. The molecule has 2 unspecified atom stereocenters. The summed E-state index contributed by atoms with van der Waals surface area (Å²) in [6.45, 7) is 3.27. The highest BCUT2D eigenvalue weighted by Gasteiger charge is 2.34. The lowest BCUT2D eigenvalue weighted by molar-refractivity contribution is 0.0689. The third-order valence-electron chi connectivity index (χ3n) is 5.83. The summed E-state index contributed by atoms with van der Waals surface area (Å²) in [4.78, 5) is 26.1. The van der Waals surface area contributed by atoms with E-state index in [4.69, 9.17) is 9.47 Å². The average molecular weight is 434 g/mol. The highest BCUT2D eigenvalue weighted by atomic mass is 16.5. The summed E-state index contributed by atoms with van der Waals surface area (Å²) >= 11 is 0. The lowest BCUT2D eigenvalue weighted by Gasteiger charge is -2.38. The molecule has 166 valence electrons. The van der Waals surface area contributed by atoms with Crippen molar-refractivity contribution in [3.63, 3.8) is 0 Å². The second-order valence-electron chi connectivity index (χ2n) is 7.85. The number of benzene rings is 2. The summed E-state index contributed by atoms with van der Waals surface area (Å²) in [6.07, 6.45) is 1.00. The summed E-state index contributed by atoms with van der Waals surface area (Å²) in [5.74, 6) is 0.193. The fourth-order valence-corrected chi connectivity index (χ4v) is 3.90. The van der Waals surface area contributed by atoms with Crippen LogP contribution in [0.5, 0.6) is 11.5 Å². The summed E-state index contributed by atoms with van der Waals surface area (Å²) in [6, 6.07) is 16.5. The minimum atomic E-state index is -1.16. The maximum Gasteiger partial charge on any atom is 0.352 e. The summed E-state index contributed by atoms with van der Waals surface area (Å²) < 4.78 is 11.5. The van der Waals surface area contributed by atoms with Crippen LogP contribution in [-0.2, 0) is 13.0 Å². The second kappa shape index (κ2) is 9.28. The number of hydrogen-bond acceptors (Lipinski definition) is 5. The van der Waals surface area contributed by atoms with Gasteiger partial charge in [0.05, 0.1) is 13.2 Å². The Kier molecular flexibility index (Phi) is 6.28. The molecule has 1 fully saturated rings. The largest absolute Gasteiger partial charge is 0.493 e. The predicted octanol–water partition coefficient (Wildman–Crippen LogP) is 3.65. The van der Waals surface area contributed by atoms with Crippen molar-refractivity contribution in [2.45, 2.75) is 31.9 Å². The van der Waals surface area contributed by atoms with Gasteiger partial charge in [-0.1, -0.05) is 37.3 Å². The predicted molar refractivity (Wildman–Crippen MR) is 121 cm³/mol. The van der Waals surface area contributed by atoms with Crippen molar-refractivity contribution in [1.29, 1.82) is 0 Å². The Bertz CT molecular complexity index is 1170. The Balaban J connectivity index is 1.51. The van der Waals surface area contributed by atoms with E-state index in [1.807, 2.05) is 18.2 Å². The Morgan fingerprint density at radius 1 is 1.06 bits per heavy atom. The van der Waals surface area contributed by atoms with E-state index in [0.29, 0.717) is 30.3 Å². The molecule has 1 saturated heterocycles. The van der Waals surface area contributed by atoms with Gasteiger partial charge in [-0.2, -0.15) is 0 Å². The Morgan fingerprint density at radius 3 is 2.44 bits per heavy atom. The summed E-state index contributed by atoms with van der Waals surface area (Å²) in [5, 5.41) is 12.5. The molecular weight excluding hydrogens is 408 g/mol. The monoisotopic (exact) mass is 434 g/mol. The molecule has 1 aliphatic heterocycles. The van der Waals surface area contributed by atoms with Crippen molar-refractivity contribution in [2.24, 2.45) is 0 Å². The number of carboxylic acid groups (broad SMARTS) is 1. The number of ether oxygens (including phenoxy) is 2. The molecule has 2 atom stereocenters. The zero-order valence-electron chi connectivity index (χ0n) is 18.1. The van der Waals surface area contributed by atoms with Crippen LogP contribution in [0.1, 0.15) is 51.8 Å². The van der Waals surface area contributed by atoms with Crippen LogP contribution in [0.3, 0.4) is 0 Å². The lowest BCUT2D eigenvalue weighted by Crippen LogP contribution is -2.44. The van der Waals surface area contributed by atoms with Gasteiger partial charge in [-0.25, -0.2) is 4.79 Å². The molecule has 0 radical (unpaired) electrons. The number of carboxylic acids is 1. The van der Waals surface area contributed by atoms with Crippen LogP contribution >= 0.6 is 0 Å². The number of carbonyl (C=O) groups is 1. The minimum Gasteiger partial charge on any atom is -0.493 e. The quantitative estimate of drug-likeness (QED) is 0.500. The third kappa shape index (κ3) is 4.53. The zero-order valence-corrected chi connectivity index (χ0v) is 18.1. The fraction of sp³-hybridized carbons (Fsp3) is 0.280. The molecule has 0 bridgehead atoms. The number of aromatic nitrogens is 1. The number of aromatic amines is 1. The smallest absolute Gasteiger partial charge is 0.352 e. The van der Waals surface area contributed by atoms with Crippen LogP contribution in [0, 0.1) is 0 Å². The molecule has 7 heteroatoms. The number of rotatable bonds is 8. The van der Waals surface area contributed by atoms with Crippen LogP contribution in [0.25, 0.3) is 0 Å². The molecule has 1 aromatic heterocycles. The number of hydrogen-bond donors (Lipinski definition) is 3. The number of pyridine rings is 1. The topological polar surface area (TPSA) is 101 Å². The van der Waals surface area contributed by atoms with Crippen molar-refractivity contribution < 1.29 is 19.4 Å². The van der Waals surface area contributed by atoms with E-state index in [1.54, 1.807) is 7.11 Å². The molecule has 4 rings (SSSR count). The van der Waals surface area contributed by atoms with E-state index in [9.17, 15) is 14.7 Å². The molecule has 2 aromatic carbocycles. The molecule has 3 aromatic rings. The molecule has 1 aliphatic rings. The van der Waals surface area contributed by atoms with E-state index in [-0.39, 0.29) is 23.1 Å². The van der Waals surface area contributed by atoms with Crippen LogP contribution in [0.15, 0.2) is 59.4 Å². The second-order valence-corrected chi connectivity index (χ2v) is 7.85. The van der Waals surface area contributed by atoms with Crippen molar-refractivity contribution >= 4 is 5.97 Å². The highest BCUT2D eigenvalue weighted by Crippen LogP contribution is 2.40. The third-order valence-corrected chi connectivity index (χ3v) is 5.83. The maximum absolute atomic E-state index is 11.9. The van der Waals surface area contributed by atoms with Gasteiger partial charge in [-0.05, 0) is 35.2 Å². The van der Waals surface area contributed by atoms with Crippen molar-refractivity contribution in [2.75, 3.05) is 13.7 Å². The first kappa shape index (κ1) is 21.6. The standard InChI is InChI=1S/C25H26N2O5/c1-3-15-4-6-16(7-5-15)14-32-22-9-8-17(10-23(22)31-2)19-13-26-24(19)20-11-18(28)12-21(27-20)25(29)30/h4-12,19,24,26H,3,13-14H2,1-2H3,(H,27,28)(H,29,30).